The number of nitrogens with one attached hydrogen (secondary N) is 3. The Morgan fingerprint density at radius 1 is 0.544 bits per heavy atom. The number of anilines is 3. The van der Waals surface area contributed by atoms with Crippen LogP contribution in [0.3, 0.4) is 0 Å². The number of nitrogens with two attached hydrogens (primary N) is 2. The molecule has 624 valence electrons. The summed E-state index contributed by atoms with van der Waals surface area (Å²) >= 11 is 6.76. The molecule has 9 aromatic rings. The van der Waals surface area contributed by atoms with E-state index in [4.69, 9.17) is 50.1 Å². The van der Waals surface area contributed by atoms with Gasteiger partial charge in [0.05, 0.1) is 64.7 Å². The SMILES string of the molecule is COc1ccc(CNc2ncnn3cc(O)c(C)c23)c(OC)c1.COc1ccc(CNc2ncnn3cc(OC[C@H](C)N4CCCC4)c(C)c23)c(OC)c1.C[C@@H](CBr)N1CCCC1.C[C@@H](CO)N1CCCC1.C[C@H](N)CO.Cc1c(OC[C@H](C)N2CCCC2)cn2ncnc(N)c12.Cc1cc(Br)c(=O)n2c1C(=O)NC21CCCC1. The molecule has 1 aliphatic carbocycles. The van der Waals surface area contributed by atoms with Gasteiger partial charge in [-0.2, -0.15) is 15.3 Å². The van der Waals surface area contributed by atoms with Crippen LogP contribution in [0.2, 0.25) is 0 Å². The highest BCUT2D eigenvalue weighted by atomic mass is 79.9. The van der Waals surface area contributed by atoms with E-state index in [1.807, 2.05) is 81.0 Å². The molecule has 32 heteroatoms. The van der Waals surface area contributed by atoms with Crippen LogP contribution in [0, 0.1) is 27.7 Å². The summed E-state index contributed by atoms with van der Waals surface area (Å²) in [5.74, 6) is 6.65. The lowest BCUT2D eigenvalue weighted by molar-refractivity contribution is 0.0920. The summed E-state index contributed by atoms with van der Waals surface area (Å²) in [6.45, 7) is 30.8. The maximum atomic E-state index is 12.2. The van der Waals surface area contributed by atoms with E-state index in [-0.39, 0.29) is 29.9 Å². The van der Waals surface area contributed by atoms with Crippen molar-refractivity contribution in [3.63, 3.8) is 0 Å². The second-order valence-corrected chi connectivity index (χ2v) is 31.5. The Kier molecular flexibility index (Phi) is 34.0. The van der Waals surface area contributed by atoms with Crippen LogP contribution in [-0.4, -0.2) is 232 Å². The van der Waals surface area contributed by atoms with E-state index >= 15 is 0 Å². The Morgan fingerprint density at radius 2 is 0.956 bits per heavy atom. The van der Waals surface area contributed by atoms with E-state index in [9.17, 15) is 14.7 Å². The molecule has 2 aromatic carbocycles. The molecule has 5 fully saturated rings. The highest BCUT2D eigenvalue weighted by Gasteiger charge is 2.46. The molecule has 114 heavy (non-hydrogen) atoms. The van der Waals surface area contributed by atoms with Crippen molar-refractivity contribution in [1.82, 2.24) is 73.3 Å². The van der Waals surface area contributed by atoms with Crippen LogP contribution in [0.5, 0.6) is 40.2 Å². The Hall–Kier alpha value is -8.60. The molecule has 10 N–H and O–H groups in total. The zero-order valence-electron chi connectivity index (χ0n) is 68.8. The molecule has 5 aliphatic heterocycles. The lowest BCUT2D eigenvalue weighted by atomic mass is 10.1. The molecular formula is C82H121Br2N19O11. The molecule has 5 atom stereocenters. The van der Waals surface area contributed by atoms with Gasteiger partial charge in [-0.05, 0) is 244 Å². The monoisotopic (exact) mass is 1710 g/mol. The van der Waals surface area contributed by atoms with Crippen LogP contribution in [0.1, 0.15) is 156 Å². The Morgan fingerprint density at radius 3 is 1.38 bits per heavy atom. The Labute approximate surface area is 686 Å². The molecule has 30 nitrogen and oxygen atoms in total. The van der Waals surface area contributed by atoms with Gasteiger partial charge in [0, 0.05) is 88.6 Å². The van der Waals surface area contributed by atoms with Crippen LogP contribution in [0.4, 0.5) is 17.5 Å². The van der Waals surface area contributed by atoms with Gasteiger partial charge in [-0.25, -0.2) is 28.5 Å². The lowest BCUT2D eigenvalue weighted by Gasteiger charge is -2.26. The van der Waals surface area contributed by atoms with Crippen molar-refractivity contribution in [1.29, 1.82) is 0 Å². The molecule has 1 spiro atoms. The normalized spacial score (nSPS) is 17.1. The number of likely N-dealkylation sites (tertiary alicyclic amines) is 4. The molecule has 6 aliphatic rings. The number of benzene rings is 2. The molecular weight excluding hydrogens is 1590 g/mol. The summed E-state index contributed by atoms with van der Waals surface area (Å²) in [5, 5.41) is 50.1. The molecule has 0 radical (unpaired) electrons. The van der Waals surface area contributed by atoms with Gasteiger partial charge < -0.3 is 71.2 Å². The van der Waals surface area contributed by atoms with Gasteiger partial charge in [0.15, 0.2) is 17.5 Å². The molecule has 7 aromatic heterocycles. The number of halogens is 2. The van der Waals surface area contributed by atoms with E-state index in [0.717, 1.165) is 140 Å². The van der Waals surface area contributed by atoms with Crippen LogP contribution in [0.25, 0.3) is 16.6 Å². The average Bonchev–Trinajstić information content (AvgIpc) is 1.57. The predicted molar refractivity (Wildman–Crippen MR) is 454 cm³/mol. The van der Waals surface area contributed by atoms with Gasteiger partial charge in [0.1, 0.15) is 100 Å². The van der Waals surface area contributed by atoms with Crippen molar-refractivity contribution in [2.45, 2.75) is 188 Å². The van der Waals surface area contributed by atoms with Crippen molar-refractivity contribution >= 4 is 71.8 Å². The van der Waals surface area contributed by atoms with Gasteiger partial charge in [0.25, 0.3) is 11.5 Å². The number of fused-ring (bicyclic) bond motifs is 5. The number of nitrogen functional groups attached to an aromatic ring is 1. The number of hydrogen-bond acceptors (Lipinski definition) is 25. The van der Waals surface area contributed by atoms with Crippen LogP contribution >= 0.6 is 31.9 Å². The number of aliphatic hydroxyl groups excluding tert-OH is 2. The molecule has 15 rings (SSSR count). The second-order valence-electron chi connectivity index (χ2n) is 30.0. The van der Waals surface area contributed by atoms with Crippen LogP contribution in [-0.2, 0) is 18.8 Å². The fourth-order valence-corrected chi connectivity index (χ4v) is 15.9. The van der Waals surface area contributed by atoms with Crippen molar-refractivity contribution in [2.24, 2.45) is 5.73 Å². The summed E-state index contributed by atoms with van der Waals surface area (Å²) in [5.41, 5.74) is 19.0. The number of pyridine rings is 1. The van der Waals surface area contributed by atoms with Gasteiger partial charge in [-0.15, -0.1) is 0 Å². The molecule has 1 amide bonds. The van der Waals surface area contributed by atoms with Crippen molar-refractivity contribution < 1.29 is 48.5 Å². The van der Waals surface area contributed by atoms with E-state index in [1.54, 1.807) is 67.6 Å². The quantitative estimate of drug-likeness (QED) is 0.0276. The molecule has 1 saturated carbocycles. The van der Waals surface area contributed by atoms with E-state index in [0.29, 0.717) is 72.8 Å². The van der Waals surface area contributed by atoms with E-state index < -0.39 is 5.66 Å². The highest BCUT2D eigenvalue weighted by Crippen LogP contribution is 2.39. The number of amides is 1. The first kappa shape index (κ1) is 89.3. The first-order valence-corrected chi connectivity index (χ1v) is 41.7. The number of carbonyl (C=O) groups is 1. The number of methoxy groups -OCH3 is 4. The summed E-state index contributed by atoms with van der Waals surface area (Å²) in [7, 11) is 6.54. The number of aromatic hydroxyl groups is 1. The minimum atomic E-state index is -0.460. The van der Waals surface area contributed by atoms with E-state index in [1.165, 1.54) is 103 Å². The molecule has 0 bridgehead atoms. The van der Waals surface area contributed by atoms with Gasteiger partial charge in [0.2, 0.25) is 0 Å². The minimum Gasteiger partial charge on any atom is -0.506 e. The van der Waals surface area contributed by atoms with Crippen molar-refractivity contribution in [3.05, 3.63) is 134 Å². The first-order valence-electron chi connectivity index (χ1n) is 39.7. The lowest BCUT2D eigenvalue weighted by Crippen LogP contribution is -2.45. The molecule has 12 heterocycles. The molecule has 4 saturated heterocycles. The fraction of sp³-hybridized carbons (Fsp3) is 0.561. The number of aromatic nitrogens is 10. The fourth-order valence-electron chi connectivity index (χ4n) is 15.0. The largest absolute Gasteiger partial charge is 0.506 e. The summed E-state index contributed by atoms with van der Waals surface area (Å²) in [6, 6.07) is 15.1. The van der Waals surface area contributed by atoms with E-state index in [2.05, 4.69) is 125 Å². The number of carbonyl (C=O) groups excluding carboxylic acids is 1. The second kappa shape index (κ2) is 43.4. The summed E-state index contributed by atoms with van der Waals surface area (Å²) in [4.78, 5) is 46.9. The highest BCUT2D eigenvalue weighted by molar-refractivity contribution is 9.10. The zero-order valence-corrected chi connectivity index (χ0v) is 71.9. The maximum absolute atomic E-state index is 12.2. The third-order valence-electron chi connectivity index (χ3n) is 21.8. The smallest absolute Gasteiger partial charge is 0.270 e. The number of aryl methyl sites for hydroxylation is 4. The maximum Gasteiger partial charge on any atom is 0.270 e. The number of alkyl halides is 1. The zero-order chi connectivity index (χ0) is 82.2. The summed E-state index contributed by atoms with van der Waals surface area (Å²) in [6.07, 6.45) is 24.2. The number of ether oxygens (including phenoxy) is 6. The Balaban J connectivity index is 0.000000161. The van der Waals surface area contributed by atoms with Crippen molar-refractivity contribution in [3.8, 4) is 40.2 Å². The predicted octanol–water partition coefficient (Wildman–Crippen LogP) is 10.9. The third-order valence-corrected chi connectivity index (χ3v) is 23.3. The third kappa shape index (κ3) is 22.9. The van der Waals surface area contributed by atoms with Gasteiger partial charge >= 0.3 is 0 Å². The Bertz CT molecular complexity index is 4560. The molecule has 0 unspecified atom stereocenters. The topological polar surface area (TPSA) is 347 Å². The number of aliphatic hydroxyl groups is 2. The van der Waals surface area contributed by atoms with Crippen LogP contribution < -0.4 is 61.4 Å². The first-order chi connectivity index (χ1) is 54.9. The number of hydrogen-bond donors (Lipinski definition) is 8. The van der Waals surface area contributed by atoms with Gasteiger partial charge in [-0.1, -0.05) is 15.9 Å². The standard InChI is InChI=1S/C23H31N5O3.C16H18N4O3.C14H21N5O.C12H13BrN2O2.C7H14BrN.C7H15NO.C3H9NO/c1-16(27-9-5-6-10-27)14-31-21-13-28-22(17(21)2)23(25-15-26-28)24-12-18-7-8-19(29-3)11-20(18)30-4;1-10-13(21)8-20-15(10)16(18-9-19-20)17-7-11-4-5-12(22-2)6-14(11)23-3;1-10(18-5-3-4-6-18)8-20-12-7-19-13(11(12)2)14(15)16-9-17-19;1-7-6-8(13)11(17)15-9(7)10(16)14-12(15)4-2-3-5-12;1-7(6-8)9-4-2-3-5-9;1-7(6-9)8-4-2-3-5-8;1-3(4)2-5/h7-8,11,13,15-16H,5-6,9-10,12,14H2,1-4H3,(H,24,25,26);4-6,8-9,21H,7H2,1-3H3,(H,17,18,19);7,9-10H,3-6,8H2,1-2H3,(H2,15,16,17);6H,2-5H2,1H3,(H,14,16);7H,2-6H2,1H3;7,9H,2-6H2,1H3;3,5H,2,4H2,1H3/t16-;;10-;;2*7-;3-/m0.0.000/s1. The summed E-state index contributed by atoms with van der Waals surface area (Å²) < 4.78 is 40.9. The minimum absolute atomic E-state index is 0.0602. The van der Waals surface area contributed by atoms with Crippen molar-refractivity contribution in [2.75, 3.05) is 129 Å². The van der Waals surface area contributed by atoms with Gasteiger partial charge in [-0.3, -0.25) is 33.8 Å². The number of rotatable bonds is 23. The average molecular weight is 1710 g/mol. The van der Waals surface area contributed by atoms with Crippen LogP contribution in [0.15, 0.2) is 89.3 Å². The number of nitrogens with zero attached hydrogens (tertiary/aromatic N) is 14.